The van der Waals surface area contributed by atoms with Crippen LogP contribution in [-0.4, -0.2) is 23.6 Å². The highest BCUT2D eigenvalue weighted by Crippen LogP contribution is 2.39. The zero-order valence-electron chi connectivity index (χ0n) is 15.7. The maximum absolute atomic E-state index is 12.6. The van der Waals surface area contributed by atoms with Gasteiger partial charge in [0, 0.05) is 4.88 Å². The number of imidazole rings is 1. The third-order valence-corrected chi connectivity index (χ3v) is 6.05. The fraction of sp³-hybridized carbons (Fsp3) is 0.286. The molecule has 1 N–H and O–H groups in total. The van der Waals surface area contributed by atoms with Crippen LogP contribution >= 0.6 is 11.3 Å². The second-order valence-corrected chi connectivity index (χ2v) is 7.95. The van der Waals surface area contributed by atoms with Gasteiger partial charge in [-0.2, -0.15) is 0 Å². The average Bonchev–Trinajstić information content (AvgIpc) is 3.38. The average molecular weight is 396 g/mol. The van der Waals surface area contributed by atoms with E-state index in [2.05, 4.69) is 17.4 Å². The highest BCUT2D eigenvalue weighted by Gasteiger charge is 2.28. The zero-order chi connectivity index (χ0) is 19.5. The second kappa shape index (κ2) is 7.98. The van der Waals surface area contributed by atoms with E-state index in [0.29, 0.717) is 10.6 Å². The molecule has 0 saturated heterocycles. The van der Waals surface area contributed by atoms with Crippen LogP contribution in [0.2, 0.25) is 0 Å². The van der Waals surface area contributed by atoms with Crippen LogP contribution in [0.1, 0.15) is 32.8 Å². The highest BCUT2D eigenvalue weighted by molar-refractivity contribution is 7.17. The summed E-state index contributed by atoms with van der Waals surface area (Å²) in [6.07, 6.45) is 8.59. The number of hydrogen-bond donors (Lipinski definition) is 1. The van der Waals surface area contributed by atoms with Crippen LogP contribution < -0.4 is 9.88 Å². The Morgan fingerprint density at radius 2 is 2.07 bits per heavy atom. The van der Waals surface area contributed by atoms with E-state index < -0.39 is 0 Å². The number of rotatable bonds is 6. The third-order valence-electron chi connectivity index (χ3n) is 4.84. The van der Waals surface area contributed by atoms with E-state index in [9.17, 15) is 9.59 Å². The van der Waals surface area contributed by atoms with E-state index in [-0.39, 0.29) is 18.4 Å². The van der Waals surface area contributed by atoms with Crippen LogP contribution in [0.25, 0.3) is 0 Å². The number of amides is 1. The number of benzene rings is 1. The summed E-state index contributed by atoms with van der Waals surface area (Å²) in [6.45, 7) is 0.935. The van der Waals surface area contributed by atoms with Crippen molar-refractivity contribution in [1.82, 2.24) is 4.57 Å². The number of fused-ring (bicyclic) bond motifs is 1. The van der Waals surface area contributed by atoms with Gasteiger partial charge < -0.3 is 10.1 Å². The third kappa shape index (κ3) is 3.84. The predicted octanol–water partition coefficient (Wildman–Crippen LogP) is 2.80. The molecule has 0 saturated carbocycles. The molecule has 2 aromatic heterocycles. The molecule has 0 unspecified atom stereocenters. The Morgan fingerprint density at radius 3 is 2.86 bits per heavy atom. The summed E-state index contributed by atoms with van der Waals surface area (Å²) >= 11 is 1.49. The Kier molecular flexibility index (Phi) is 5.25. The Balaban J connectivity index is 1.44. The molecular weight excluding hydrogens is 374 g/mol. The molecule has 1 aromatic carbocycles. The standard InChI is InChI=1S/C21H21N3O3S/c1-27-21(26)19-16-8-5-9-17(16)28-20(19)22-18(25)13-24-11-10-23(14-24)12-15-6-3-2-4-7-15/h2-4,6-7,10-11,14H,5,8-9,12-13H2,1H3/p+1. The predicted molar refractivity (Wildman–Crippen MR) is 106 cm³/mol. The molecular formula is C21H22N3O3S+. The molecule has 1 aliphatic carbocycles. The number of hydrogen-bond acceptors (Lipinski definition) is 4. The summed E-state index contributed by atoms with van der Waals surface area (Å²) in [4.78, 5) is 25.9. The number of methoxy groups -OCH3 is 1. The first-order valence-corrected chi connectivity index (χ1v) is 10.1. The minimum atomic E-state index is -0.378. The van der Waals surface area contributed by atoms with Gasteiger partial charge in [0.25, 0.3) is 5.91 Å². The Labute approximate surface area is 167 Å². The number of nitrogens with zero attached hydrogens (tertiary/aromatic N) is 2. The van der Waals surface area contributed by atoms with Gasteiger partial charge in [-0.15, -0.1) is 11.3 Å². The molecule has 1 amide bonds. The minimum absolute atomic E-state index is 0.160. The van der Waals surface area contributed by atoms with Gasteiger partial charge in [-0.25, -0.2) is 13.9 Å². The second-order valence-electron chi connectivity index (χ2n) is 6.85. The van der Waals surface area contributed by atoms with Crippen molar-refractivity contribution >= 4 is 28.2 Å². The van der Waals surface area contributed by atoms with Gasteiger partial charge in [0.2, 0.25) is 6.33 Å². The molecule has 28 heavy (non-hydrogen) atoms. The molecule has 1 aliphatic rings. The van der Waals surface area contributed by atoms with E-state index in [1.165, 1.54) is 28.9 Å². The maximum atomic E-state index is 12.6. The van der Waals surface area contributed by atoms with Crippen molar-refractivity contribution in [2.24, 2.45) is 0 Å². The zero-order valence-corrected chi connectivity index (χ0v) is 16.5. The number of aromatic nitrogens is 2. The fourth-order valence-electron chi connectivity index (χ4n) is 3.56. The van der Waals surface area contributed by atoms with Gasteiger partial charge in [0.05, 0.1) is 12.7 Å². The summed E-state index contributed by atoms with van der Waals surface area (Å²) in [5.41, 5.74) is 2.76. The van der Waals surface area contributed by atoms with Gasteiger partial charge in [-0.3, -0.25) is 4.79 Å². The van der Waals surface area contributed by atoms with Gasteiger partial charge in [-0.05, 0) is 30.4 Å². The first-order chi connectivity index (χ1) is 13.6. The SMILES string of the molecule is COC(=O)c1c(NC(=O)Cn2cc[n+](Cc3ccccc3)c2)sc2c1CCC2. The number of carbonyl (C=O) groups excluding carboxylic acids is 2. The summed E-state index contributed by atoms with van der Waals surface area (Å²) in [7, 11) is 1.37. The van der Waals surface area contributed by atoms with Crippen molar-refractivity contribution in [3.63, 3.8) is 0 Å². The summed E-state index contributed by atoms with van der Waals surface area (Å²) < 4.78 is 8.79. The number of thiophene rings is 1. The Morgan fingerprint density at radius 1 is 1.25 bits per heavy atom. The molecule has 144 valence electrons. The number of carbonyl (C=O) groups is 2. The molecule has 3 aromatic rings. The molecule has 0 fully saturated rings. The van der Waals surface area contributed by atoms with E-state index in [0.717, 1.165) is 31.4 Å². The Hall–Kier alpha value is -2.93. The van der Waals surface area contributed by atoms with Crippen molar-refractivity contribution < 1.29 is 18.9 Å². The van der Waals surface area contributed by atoms with Gasteiger partial charge in [0.1, 0.15) is 23.9 Å². The van der Waals surface area contributed by atoms with Crippen molar-refractivity contribution in [2.45, 2.75) is 32.4 Å². The first-order valence-electron chi connectivity index (χ1n) is 9.25. The van der Waals surface area contributed by atoms with Gasteiger partial charge in [0.15, 0.2) is 6.54 Å². The van der Waals surface area contributed by atoms with E-state index in [4.69, 9.17) is 4.74 Å². The molecule has 0 atom stereocenters. The number of aryl methyl sites for hydroxylation is 1. The molecule has 2 heterocycles. The van der Waals surface area contributed by atoms with Gasteiger partial charge >= 0.3 is 5.97 Å². The lowest BCUT2D eigenvalue weighted by Gasteiger charge is -2.06. The van der Waals surface area contributed by atoms with E-state index in [1.807, 2.05) is 46.1 Å². The lowest BCUT2D eigenvalue weighted by molar-refractivity contribution is -0.687. The molecule has 4 rings (SSSR count). The lowest BCUT2D eigenvalue weighted by Crippen LogP contribution is -2.32. The summed E-state index contributed by atoms with van der Waals surface area (Å²) in [6, 6.07) is 10.2. The summed E-state index contributed by atoms with van der Waals surface area (Å²) in [5, 5.41) is 3.51. The fourth-order valence-corrected chi connectivity index (χ4v) is 4.86. The first kappa shape index (κ1) is 18.4. The van der Waals surface area contributed by atoms with Crippen molar-refractivity contribution in [1.29, 1.82) is 0 Å². The van der Waals surface area contributed by atoms with E-state index in [1.54, 1.807) is 0 Å². The lowest BCUT2D eigenvalue weighted by atomic mass is 10.1. The number of esters is 1. The molecule has 0 bridgehead atoms. The number of ether oxygens (including phenoxy) is 1. The van der Waals surface area contributed by atoms with E-state index >= 15 is 0 Å². The molecule has 7 heteroatoms. The molecule has 6 nitrogen and oxygen atoms in total. The highest BCUT2D eigenvalue weighted by atomic mass is 32.1. The van der Waals surface area contributed by atoms with Crippen LogP contribution in [0.3, 0.4) is 0 Å². The van der Waals surface area contributed by atoms with Crippen LogP contribution in [0.15, 0.2) is 49.1 Å². The monoisotopic (exact) mass is 396 g/mol. The molecule has 0 radical (unpaired) electrons. The van der Waals surface area contributed by atoms with Crippen LogP contribution in [0.4, 0.5) is 5.00 Å². The topological polar surface area (TPSA) is 64.2 Å². The largest absolute Gasteiger partial charge is 0.465 e. The van der Waals surface area contributed by atoms with Crippen LogP contribution in [0.5, 0.6) is 0 Å². The summed E-state index contributed by atoms with van der Waals surface area (Å²) in [5.74, 6) is -0.538. The minimum Gasteiger partial charge on any atom is -0.465 e. The van der Waals surface area contributed by atoms with Crippen molar-refractivity contribution in [3.8, 4) is 0 Å². The van der Waals surface area contributed by atoms with Crippen LogP contribution in [0, 0.1) is 0 Å². The molecule has 0 spiro atoms. The number of anilines is 1. The quantitative estimate of drug-likeness (QED) is 0.515. The molecule has 0 aliphatic heterocycles. The van der Waals surface area contributed by atoms with Crippen molar-refractivity contribution in [2.75, 3.05) is 12.4 Å². The normalized spacial score (nSPS) is 12.6. The van der Waals surface area contributed by atoms with Gasteiger partial charge in [-0.1, -0.05) is 30.3 Å². The van der Waals surface area contributed by atoms with Crippen molar-refractivity contribution in [3.05, 3.63) is 70.6 Å². The van der Waals surface area contributed by atoms with Crippen LogP contribution in [-0.2, 0) is 35.5 Å². The Bertz CT molecular complexity index is 1010. The maximum Gasteiger partial charge on any atom is 0.341 e. The number of nitrogens with one attached hydrogen (secondary N) is 1. The smallest absolute Gasteiger partial charge is 0.341 e.